The molecule has 1 rings (SSSR count). The van der Waals surface area contributed by atoms with E-state index in [-0.39, 0.29) is 11.5 Å². The Balaban J connectivity index is 2.48. The maximum Gasteiger partial charge on any atom is 0.212 e. The van der Waals surface area contributed by atoms with Crippen LogP contribution in [0.2, 0.25) is 0 Å². The Bertz CT molecular complexity index is 671. The molecule has 1 atom stereocenters. The van der Waals surface area contributed by atoms with Gasteiger partial charge in [-0.25, -0.2) is 21.6 Å². The van der Waals surface area contributed by atoms with E-state index in [0.29, 0.717) is 11.4 Å². The molecule has 0 aliphatic rings. The Kier molecular flexibility index (Phi) is 6.51. The lowest BCUT2D eigenvalue weighted by atomic mass is 10.3. The number of rotatable bonds is 8. The summed E-state index contributed by atoms with van der Waals surface area (Å²) in [6, 6.07) is 6.58. The Morgan fingerprint density at radius 1 is 1.24 bits per heavy atom. The molecule has 0 fully saturated rings. The number of hydrogen-bond donors (Lipinski definition) is 2. The lowest BCUT2D eigenvalue weighted by Crippen LogP contribution is -2.39. The molecule has 1 aromatic carbocycles. The number of nitrogen functional groups attached to an aromatic ring is 1. The molecular formula is C12H20N2O4S3. The fourth-order valence-corrected chi connectivity index (χ4v) is 5.48. The van der Waals surface area contributed by atoms with Gasteiger partial charge in [-0.15, -0.1) is 11.8 Å². The molecule has 0 aromatic heterocycles. The van der Waals surface area contributed by atoms with Crippen molar-refractivity contribution in [3.63, 3.8) is 0 Å². The maximum atomic E-state index is 11.9. The summed E-state index contributed by atoms with van der Waals surface area (Å²) in [6.07, 6.45) is 1.08. The van der Waals surface area contributed by atoms with Crippen LogP contribution in [-0.4, -0.2) is 46.4 Å². The van der Waals surface area contributed by atoms with E-state index < -0.39 is 25.9 Å². The molecule has 1 aromatic rings. The van der Waals surface area contributed by atoms with E-state index in [2.05, 4.69) is 4.72 Å². The van der Waals surface area contributed by atoms with Crippen molar-refractivity contribution in [1.82, 2.24) is 4.72 Å². The van der Waals surface area contributed by atoms with Gasteiger partial charge in [0, 0.05) is 28.6 Å². The zero-order valence-corrected chi connectivity index (χ0v) is 14.4. The topological polar surface area (TPSA) is 106 Å². The third-order valence-corrected chi connectivity index (χ3v) is 6.42. The van der Waals surface area contributed by atoms with Gasteiger partial charge < -0.3 is 5.73 Å². The fraction of sp³-hybridized carbons (Fsp3) is 0.500. The van der Waals surface area contributed by atoms with Gasteiger partial charge in [-0.1, -0.05) is 12.1 Å². The van der Waals surface area contributed by atoms with Crippen molar-refractivity contribution in [1.29, 1.82) is 0 Å². The second kappa shape index (κ2) is 7.48. The number of benzene rings is 1. The lowest BCUT2D eigenvalue weighted by Gasteiger charge is -2.13. The second-order valence-corrected chi connectivity index (χ2v) is 10.0. The summed E-state index contributed by atoms with van der Waals surface area (Å²) in [5.74, 6) is 0.0280. The number of hydrogen-bond acceptors (Lipinski definition) is 6. The number of thioether (sulfide) groups is 1. The average molecular weight is 353 g/mol. The number of anilines is 1. The van der Waals surface area contributed by atoms with Crippen LogP contribution < -0.4 is 10.5 Å². The molecule has 0 bridgehead atoms. The average Bonchev–Trinajstić information content (AvgIpc) is 2.27. The molecule has 21 heavy (non-hydrogen) atoms. The molecule has 0 aliphatic heterocycles. The first-order valence-corrected chi connectivity index (χ1v) is 10.9. The van der Waals surface area contributed by atoms with Gasteiger partial charge in [0.2, 0.25) is 10.0 Å². The number of nitrogens with two attached hydrogens (primary N) is 1. The molecule has 0 heterocycles. The third kappa shape index (κ3) is 7.70. The largest absolute Gasteiger partial charge is 0.398 e. The highest BCUT2D eigenvalue weighted by Crippen LogP contribution is 2.24. The standard InChI is InChI=1S/C12H20N2O4S3/c1-10(9-20(2,15)16)14-21(17,18)8-7-19-12-6-4-3-5-11(12)13/h3-6,10,14H,7-9,13H2,1-2H3. The Morgan fingerprint density at radius 2 is 1.86 bits per heavy atom. The van der Waals surface area contributed by atoms with Crippen LogP contribution in [0.4, 0.5) is 5.69 Å². The van der Waals surface area contributed by atoms with Crippen molar-refractivity contribution in [2.45, 2.75) is 17.9 Å². The van der Waals surface area contributed by atoms with Crippen LogP contribution in [0.3, 0.4) is 0 Å². The highest BCUT2D eigenvalue weighted by atomic mass is 32.2. The maximum absolute atomic E-state index is 11.9. The molecule has 0 amide bonds. The van der Waals surface area contributed by atoms with Crippen molar-refractivity contribution >= 4 is 37.3 Å². The molecule has 0 saturated heterocycles. The highest BCUT2D eigenvalue weighted by Gasteiger charge is 2.18. The zero-order chi connectivity index (χ0) is 16.1. The van der Waals surface area contributed by atoms with Crippen LogP contribution in [0.15, 0.2) is 29.2 Å². The van der Waals surface area contributed by atoms with Gasteiger partial charge in [-0.2, -0.15) is 0 Å². The number of para-hydroxylation sites is 1. The van der Waals surface area contributed by atoms with Crippen molar-refractivity contribution < 1.29 is 16.8 Å². The van der Waals surface area contributed by atoms with Gasteiger partial charge in [0.1, 0.15) is 9.84 Å². The first kappa shape index (κ1) is 18.3. The van der Waals surface area contributed by atoms with Crippen molar-refractivity contribution in [3.05, 3.63) is 24.3 Å². The lowest BCUT2D eigenvalue weighted by molar-refractivity contribution is 0.566. The van der Waals surface area contributed by atoms with Gasteiger partial charge in [-0.3, -0.25) is 0 Å². The summed E-state index contributed by atoms with van der Waals surface area (Å²) < 4.78 is 48.3. The highest BCUT2D eigenvalue weighted by molar-refractivity contribution is 8.00. The van der Waals surface area contributed by atoms with E-state index in [1.807, 2.05) is 18.2 Å². The third-order valence-electron chi connectivity index (χ3n) is 2.46. The van der Waals surface area contributed by atoms with Crippen LogP contribution in [0, 0.1) is 0 Å². The first-order valence-electron chi connectivity index (χ1n) is 6.24. The van der Waals surface area contributed by atoms with Crippen LogP contribution in [0.5, 0.6) is 0 Å². The Hall–Kier alpha value is -0.770. The molecule has 0 aliphatic carbocycles. The molecule has 120 valence electrons. The van der Waals surface area contributed by atoms with E-state index in [4.69, 9.17) is 5.73 Å². The summed E-state index contributed by atoms with van der Waals surface area (Å²) in [4.78, 5) is 0.830. The monoisotopic (exact) mass is 352 g/mol. The molecule has 0 saturated carbocycles. The molecule has 1 unspecified atom stereocenters. The second-order valence-electron chi connectivity index (χ2n) is 4.82. The first-order chi connectivity index (χ1) is 9.59. The van der Waals surface area contributed by atoms with E-state index >= 15 is 0 Å². The van der Waals surface area contributed by atoms with E-state index in [1.54, 1.807) is 6.07 Å². The van der Waals surface area contributed by atoms with Gasteiger partial charge >= 0.3 is 0 Å². The minimum Gasteiger partial charge on any atom is -0.398 e. The molecule has 6 nitrogen and oxygen atoms in total. The molecular weight excluding hydrogens is 332 g/mol. The molecule has 0 spiro atoms. The summed E-state index contributed by atoms with van der Waals surface area (Å²) in [7, 11) is -6.73. The number of sulfonamides is 1. The summed E-state index contributed by atoms with van der Waals surface area (Å²) in [6.45, 7) is 1.53. The predicted octanol–water partition coefficient (Wildman–Crippen LogP) is 0.713. The van der Waals surface area contributed by atoms with Gasteiger partial charge in [0.05, 0.1) is 11.5 Å². The number of sulfone groups is 1. The van der Waals surface area contributed by atoms with Crippen molar-refractivity contribution in [2.75, 3.05) is 29.2 Å². The van der Waals surface area contributed by atoms with Crippen molar-refractivity contribution in [3.8, 4) is 0 Å². The van der Waals surface area contributed by atoms with E-state index in [9.17, 15) is 16.8 Å². The van der Waals surface area contributed by atoms with Gasteiger partial charge in [-0.05, 0) is 19.1 Å². The van der Waals surface area contributed by atoms with E-state index in [1.165, 1.54) is 18.7 Å². The van der Waals surface area contributed by atoms with Gasteiger partial charge in [0.15, 0.2) is 0 Å². The summed E-state index contributed by atoms with van der Waals surface area (Å²) in [5.41, 5.74) is 6.38. The molecule has 3 N–H and O–H groups in total. The fourth-order valence-electron chi connectivity index (χ4n) is 1.73. The molecule has 0 radical (unpaired) electrons. The minimum atomic E-state index is -3.51. The SMILES string of the molecule is CC(CS(C)(=O)=O)NS(=O)(=O)CCSc1ccccc1N. The van der Waals surface area contributed by atoms with Crippen LogP contribution in [-0.2, 0) is 19.9 Å². The molecule has 9 heteroatoms. The summed E-state index contributed by atoms with van der Waals surface area (Å²) >= 11 is 1.35. The normalized spacial score (nSPS) is 14.0. The van der Waals surface area contributed by atoms with Gasteiger partial charge in [0.25, 0.3) is 0 Å². The number of nitrogens with one attached hydrogen (secondary N) is 1. The Labute approximate surface area is 130 Å². The Morgan fingerprint density at radius 3 is 2.43 bits per heavy atom. The smallest absolute Gasteiger partial charge is 0.212 e. The zero-order valence-electron chi connectivity index (χ0n) is 11.9. The quantitative estimate of drug-likeness (QED) is 0.527. The summed E-state index contributed by atoms with van der Waals surface area (Å²) in [5, 5.41) is 0. The predicted molar refractivity (Wildman–Crippen MR) is 87.7 cm³/mol. The van der Waals surface area contributed by atoms with Crippen LogP contribution >= 0.6 is 11.8 Å². The van der Waals surface area contributed by atoms with Crippen LogP contribution in [0.1, 0.15) is 6.92 Å². The van der Waals surface area contributed by atoms with Crippen molar-refractivity contribution in [2.24, 2.45) is 0 Å². The van der Waals surface area contributed by atoms with E-state index in [0.717, 1.165) is 11.2 Å². The van der Waals surface area contributed by atoms with Crippen LogP contribution in [0.25, 0.3) is 0 Å². The minimum absolute atomic E-state index is 0.0971.